The van der Waals surface area contributed by atoms with E-state index in [0.717, 1.165) is 11.1 Å². The number of furan rings is 1. The molecule has 0 fully saturated rings. The summed E-state index contributed by atoms with van der Waals surface area (Å²) in [4.78, 5) is 23.1. The second kappa shape index (κ2) is 8.03. The molecule has 2 aromatic rings. The first kappa shape index (κ1) is 16.6. The van der Waals surface area contributed by atoms with Gasteiger partial charge < -0.3 is 19.2 Å². The summed E-state index contributed by atoms with van der Waals surface area (Å²) >= 11 is 0. The molecule has 0 aliphatic carbocycles. The fourth-order valence-corrected chi connectivity index (χ4v) is 1.85. The molecule has 0 atom stereocenters. The van der Waals surface area contributed by atoms with E-state index in [1.807, 2.05) is 26.0 Å². The number of esters is 1. The SMILES string of the molecule is Cc1cccc(OCC(=O)OCC(=O)NCc2ccco2)c1C. The first-order valence-corrected chi connectivity index (χ1v) is 7.20. The second-order valence-corrected chi connectivity index (χ2v) is 5.00. The van der Waals surface area contributed by atoms with E-state index in [4.69, 9.17) is 13.9 Å². The van der Waals surface area contributed by atoms with Gasteiger partial charge in [0.15, 0.2) is 13.2 Å². The Balaban J connectivity index is 1.68. The fourth-order valence-electron chi connectivity index (χ4n) is 1.85. The molecule has 0 saturated heterocycles. The number of nitrogens with one attached hydrogen (secondary N) is 1. The monoisotopic (exact) mass is 317 g/mol. The second-order valence-electron chi connectivity index (χ2n) is 5.00. The van der Waals surface area contributed by atoms with Crippen LogP contribution < -0.4 is 10.1 Å². The van der Waals surface area contributed by atoms with Crippen molar-refractivity contribution in [2.75, 3.05) is 13.2 Å². The van der Waals surface area contributed by atoms with Crippen LogP contribution in [0.5, 0.6) is 5.75 Å². The van der Waals surface area contributed by atoms with Gasteiger partial charge in [-0.05, 0) is 43.2 Å². The quantitative estimate of drug-likeness (QED) is 0.792. The van der Waals surface area contributed by atoms with Crippen molar-refractivity contribution in [2.45, 2.75) is 20.4 Å². The van der Waals surface area contributed by atoms with E-state index in [2.05, 4.69) is 5.32 Å². The summed E-state index contributed by atoms with van der Waals surface area (Å²) in [5.74, 6) is 0.257. The van der Waals surface area contributed by atoms with Crippen molar-refractivity contribution in [1.29, 1.82) is 0 Å². The number of carbonyl (C=O) groups is 2. The summed E-state index contributed by atoms with van der Waals surface area (Å²) in [5, 5.41) is 2.58. The van der Waals surface area contributed by atoms with Crippen LogP contribution in [0.25, 0.3) is 0 Å². The van der Waals surface area contributed by atoms with Crippen LogP contribution in [0, 0.1) is 13.8 Å². The van der Waals surface area contributed by atoms with Crippen LogP contribution in [0.15, 0.2) is 41.0 Å². The number of benzene rings is 1. The van der Waals surface area contributed by atoms with E-state index in [-0.39, 0.29) is 19.8 Å². The first-order valence-electron chi connectivity index (χ1n) is 7.20. The van der Waals surface area contributed by atoms with Crippen LogP contribution in [0.4, 0.5) is 0 Å². The van der Waals surface area contributed by atoms with Gasteiger partial charge in [-0.2, -0.15) is 0 Å². The highest BCUT2D eigenvalue weighted by molar-refractivity contribution is 5.80. The maximum atomic E-state index is 11.6. The van der Waals surface area contributed by atoms with Gasteiger partial charge in [-0.25, -0.2) is 4.79 Å². The zero-order valence-corrected chi connectivity index (χ0v) is 13.1. The van der Waals surface area contributed by atoms with Crippen LogP contribution in [0.1, 0.15) is 16.9 Å². The highest BCUT2D eigenvalue weighted by Gasteiger charge is 2.10. The van der Waals surface area contributed by atoms with Gasteiger partial charge in [0.25, 0.3) is 5.91 Å². The van der Waals surface area contributed by atoms with Gasteiger partial charge in [0.2, 0.25) is 0 Å². The lowest BCUT2D eigenvalue weighted by Crippen LogP contribution is -2.29. The van der Waals surface area contributed by atoms with Gasteiger partial charge in [0.1, 0.15) is 11.5 Å². The summed E-state index contributed by atoms with van der Waals surface area (Å²) in [5.41, 5.74) is 2.05. The van der Waals surface area contributed by atoms with E-state index in [0.29, 0.717) is 11.5 Å². The average Bonchev–Trinajstić information content (AvgIpc) is 3.05. The van der Waals surface area contributed by atoms with Gasteiger partial charge in [-0.1, -0.05) is 12.1 Å². The molecule has 1 amide bonds. The lowest BCUT2D eigenvalue weighted by molar-refractivity contribution is -0.150. The zero-order valence-electron chi connectivity index (χ0n) is 13.1. The normalized spacial score (nSPS) is 10.2. The molecule has 0 radical (unpaired) electrons. The van der Waals surface area contributed by atoms with E-state index in [9.17, 15) is 9.59 Å². The smallest absolute Gasteiger partial charge is 0.344 e. The highest BCUT2D eigenvalue weighted by atomic mass is 16.6. The van der Waals surface area contributed by atoms with Gasteiger partial charge in [0.05, 0.1) is 12.8 Å². The number of ether oxygens (including phenoxy) is 2. The largest absolute Gasteiger partial charge is 0.482 e. The van der Waals surface area contributed by atoms with E-state index >= 15 is 0 Å². The molecule has 0 aliphatic rings. The third kappa shape index (κ3) is 5.18. The number of amides is 1. The minimum atomic E-state index is -0.598. The Hall–Kier alpha value is -2.76. The fraction of sp³-hybridized carbons (Fsp3) is 0.294. The Morgan fingerprint density at radius 3 is 2.70 bits per heavy atom. The average molecular weight is 317 g/mol. The van der Waals surface area contributed by atoms with Crippen LogP contribution >= 0.6 is 0 Å². The molecule has 0 bridgehead atoms. The van der Waals surface area contributed by atoms with Crippen molar-refractivity contribution >= 4 is 11.9 Å². The van der Waals surface area contributed by atoms with Gasteiger partial charge in [0, 0.05) is 0 Å². The lowest BCUT2D eigenvalue weighted by atomic mass is 10.1. The van der Waals surface area contributed by atoms with Crippen molar-refractivity contribution in [3.8, 4) is 5.75 Å². The summed E-state index contributed by atoms with van der Waals surface area (Å²) < 4.78 is 15.3. The number of carbonyl (C=O) groups excluding carboxylic acids is 2. The Labute approximate surface area is 134 Å². The predicted molar refractivity (Wildman–Crippen MR) is 82.9 cm³/mol. The Kier molecular flexibility index (Phi) is 5.80. The molecule has 1 N–H and O–H groups in total. The summed E-state index contributed by atoms with van der Waals surface area (Å²) in [6.45, 7) is 3.54. The standard InChI is InChI=1S/C17H19NO5/c1-12-5-3-7-15(13(12)2)22-11-17(20)23-10-16(19)18-9-14-6-4-8-21-14/h3-8H,9-11H2,1-2H3,(H,18,19). The summed E-state index contributed by atoms with van der Waals surface area (Å²) in [7, 11) is 0. The lowest BCUT2D eigenvalue weighted by Gasteiger charge is -2.10. The van der Waals surface area contributed by atoms with E-state index in [1.54, 1.807) is 18.2 Å². The molecule has 2 rings (SSSR count). The third-order valence-electron chi connectivity index (χ3n) is 3.30. The summed E-state index contributed by atoms with van der Waals surface area (Å²) in [6, 6.07) is 9.07. The van der Waals surface area contributed by atoms with Crippen molar-refractivity contribution in [2.24, 2.45) is 0 Å². The molecule has 6 nitrogen and oxygen atoms in total. The minimum Gasteiger partial charge on any atom is -0.482 e. The molecule has 0 saturated carbocycles. The number of hydrogen-bond donors (Lipinski definition) is 1. The molecule has 1 aromatic carbocycles. The Bertz CT molecular complexity index is 664. The first-order chi connectivity index (χ1) is 11.1. The molecule has 1 aromatic heterocycles. The van der Waals surface area contributed by atoms with Crippen LogP contribution in [0.2, 0.25) is 0 Å². The molecular weight excluding hydrogens is 298 g/mol. The molecule has 0 aliphatic heterocycles. The number of rotatable bonds is 7. The Morgan fingerprint density at radius 1 is 1.13 bits per heavy atom. The third-order valence-corrected chi connectivity index (χ3v) is 3.30. The van der Waals surface area contributed by atoms with Crippen molar-refractivity contribution in [1.82, 2.24) is 5.32 Å². The van der Waals surface area contributed by atoms with Gasteiger partial charge >= 0.3 is 5.97 Å². The predicted octanol–water partition coefficient (Wildman–Crippen LogP) is 2.13. The molecule has 122 valence electrons. The van der Waals surface area contributed by atoms with Gasteiger partial charge in [-0.3, -0.25) is 4.79 Å². The van der Waals surface area contributed by atoms with Gasteiger partial charge in [-0.15, -0.1) is 0 Å². The molecule has 6 heteroatoms. The van der Waals surface area contributed by atoms with Crippen LogP contribution in [-0.4, -0.2) is 25.1 Å². The van der Waals surface area contributed by atoms with Crippen molar-refractivity contribution in [3.05, 3.63) is 53.5 Å². The molecular formula is C17H19NO5. The zero-order chi connectivity index (χ0) is 16.7. The minimum absolute atomic E-state index is 0.240. The molecule has 0 spiro atoms. The van der Waals surface area contributed by atoms with E-state index < -0.39 is 11.9 Å². The highest BCUT2D eigenvalue weighted by Crippen LogP contribution is 2.20. The molecule has 1 heterocycles. The maximum absolute atomic E-state index is 11.6. The number of hydrogen-bond acceptors (Lipinski definition) is 5. The van der Waals surface area contributed by atoms with Crippen LogP contribution in [-0.2, 0) is 20.9 Å². The van der Waals surface area contributed by atoms with E-state index in [1.165, 1.54) is 6.26 Å². The Morgan fingerprint density at radius 2 is 1.96 bits per heavy atom. The van der Waals surface area contributed by atoms with Crippen molar-refractivity contribution in [3.63, 3.8) is 0 Å². The summed E-state index contributed by atoms with van der Waals surface area (Å²) in [6.07, 6.45) is 1.52. The van der Waals surface area contributed by atoms with Crippen LogP contribution in [0.3, 0.4) is 0 Å². The number of aryl methyl sites for hydroxylation is 1. The maximum Gasteiger partial charge on any atom is 0.344 e. The molecule has 0 unspecified atom stereocenters. The molecule has 23 heavy (non-hydrogen) atoms. The topological polar surface area (TPSA) is 77.8 Å². The van der Waals surface area contributed by atoms with Crippen molar-refractivity contribution < 1.29 is 23.5 Å².